The molecular formula is C14H20N2O2. The molecule has 0 radical (unpaired) electrons. The van der Waals surface area contributed by atoms with Gasteiger partial charge in [-0.15, -0.1) is 0 Å². The zero-order chi connectivity index (χ0) is 13.0. The van der Waals surface area contributed by atoms with Crippen LogP contribution in [0.15, 0.2) is 24.3 Å². The first kappa shape index (κ1) is 13.1. The van der Waals surface area contributed by atoms with Gasteiger partial charge in [-0.25, -0.2) is 0 Å². The molecule has 98 valence electrons. The topological polar surface area (TPSA) is 55.6 Å². The molecule has 0 unspecified atom stereocenters. The number of ether oxygens (including phenoxy) is 1. The van der Waals surface area contributed by atoms with Crippen LogP contribution in [-0.4, -0.2) is 36.6 Å². The van der Waals surface area contributed by atoms with E-state index >= 15 is 0 Å². The molecule has 1 fully saturated rings. The van der Waals surface area contributed by atoms with Gasteiger partial charge in [0.25, 0.3) is 5.91 Å². The van der Waals surface area contributed by atoms with E-state index in [-0.39, 0.29) is 12.0 Å². The Bertz CT molecular complexity index is 403. The van der Waals surface area contributed by atoms with Gasteiger partial charge in [0.05, 0.1) is 6.10 Å². The Morgan fingerprint density at radius 3 is 2.83 bits per heavy atom. The molecule has 1 amide bonds. The Morgan fingerprint density at radius 2 is 2.17 bits per heavy atom. The van der Waals surface area contributed by atoms with Crippen LogP contribution in [0.1, 0.15) is 29.3 Å². The van der Waals surface area contributed by atoms with E-state index in [0.717, 1.165) is 30.7 Å². The fraction of sp³-hybridized carbons (Fsp3) is 0.500. The monoisotopic (exact) mass is 248 g/mol. The van der Waals surface area contributed by atoms with Crippen molar-refractivity contribution in [3.8, 4) is 0 Å². The molecule has 4 heteroatoms. The number of hydrogen-bond donors (Lipinski definition) is 1. The summed E-state index contributed by atoms with van der Waals surface area (Å²) in [6.45, 7) is 4.67. The second kappa shape index (κ2) is 5.98. The maximum absolute atomic E-state index is 12.3. The van der Waals surface area contributed by atoms with Crippen molar-refractivity contribution in [3.63, 3.8) is 0 Å². The summed E-state index contributed by atoms with van der Waals surface area (Å²) >= 11 is 0. The Labute approximate surface area is 108 Å². The van der Waals surface area contributed by atoms with E-state index in [9.17, 15) is 4.79 Å². The Morgan fingerprint density at radius 1 is 1.44 bits per heavy atom. The number of benzene rings is 1. The molecule has 1 aromatic carbocycles. The number of carbonyl (C=O) groups excluding carboxylic acids is 1. The van der Waals surface area contributed by atoms with Crippen LogP contribution in [0.2, 0.25) is 0 Å². The minimum Gasteiger partial charge on any atom is -0.377 e. The van der Waals surface area contributed by atoms with E-state index < -0.39 is 0 Å². The van der Waals surface area contributed by atoms with Crippen molar-refractivity contribution in [2.45, 2.75) is 26.0 Å². The molecule has 0 bridgehead atoms. The second-order valence-electron chi connectivity index (χ2n) is 4.69. The van der Waals surface area contributed by atoms with Gasteiger partial charge in [-0.2, -0.15) is 0 Å². The lowest BCUT2D eigenvalue weighted by Gasteiger charge is -2.22. The minimum atomic E-state index is 0.0796. The van der Waals surface area contributed by atoms with Crippen LogP contribution >= 0.6 is 0 Å². The second-order valence-corrected chi connectivity index (χ2v) is 4.69. The summed E-state index contributed by atoms with van der Waals surface area (Å²) in [5.41, 5.74) is 7.31. The van der Waals surface area contributed by atoms with Crippen molar-refractivity contribution in [2.75, 3.05) is 19.7 Å². The number of nitrogens with zero attached hydrogens (tertiary/aromatic N) is 1. The van der Waals surface area contributed by atoms with Crippen molar-refractivity contribution in [3.05, 3.63) is 35.4 Å². The van der Waals surface area contributed by atoms with Crippen molar-refractivity contribution in [1.29, 1.82) is 0 Å². The summed E-state index contributed by atoms with van der Waals surface area (Å²) in [5.74, 6) is 0.0796. The van der Waals surface area contributed by atoms with E-state index in [1.54, 1.807) is 0 Å². The van der Waals surface area contributed by atoms with Crippen LogP contribution < -0.4 is 5.73 Å². The van der Waals surface area contributed by atoms with Gasteiger partial charge in [0.2, 0.25) is 0 Å². The number of amides is 1. The highest BCUT2D eigenvalue weighted by Gasteiger charge is 2.20. The van der Waals surface area contributed by atoms with E-state index in [0.29, 0.717) is 13.1 Å². The number of nitrogens with two attached hydrogens (primary N) is 1. The van der Waals surface area contributed by atoms with Gasteiger partial charge in [0, 0.05) is 31.8 Å². The molecule has 2 rings (SSSR count). The summed E-state index contributed by atoms with van der Waals surface area (Å²) in [5, 5.41) is 0. The Hall–Kier alpha value is -1.39. The molecule has 18 heavy (non-hydrogen) atoms. The third-order valence-corrected chi connectivity index (χ3v) is 3.18. The van der Waals surface area contributed by atoms with Gasteiger partial charge in [-0.1, -0.05) is 12.1 Å². The van der Waals surface area contributed by atoms with Gasteiger partial charge in [0.1, 0.15) is 0 Å². The molecule has 4 nitrogen and oxygen atoms in total. The van der Waals surface area contributed by atoms with Crippen molar-refractivity contribution >= 4 is 5.91 Å². The molecule has 0 saturated carbocycles. The lowest BCUT2D eigenvalue weighted by molar-refractivity contribution is 0.0562. The third kappa shape index (κ3) is 3.09. The molecule has 1 atom stereocenters. The van der Waals surface area contributed by atoms with Crippen LogP contribution in [0.25, 0.3) is 0 Å². The summed E-state index contributed by atoms with van der Waals surface area (Å²) in [6, 6.07) is 7.51. The van der Waals surface area contributed by atoms with Crippen LogP contribution in [0.5, 0.6) is 0 Å². The first-order valence-electron chi connectivity index (χ1n) is 6.40. The molecule has 2 N–H and O–H groups in total. The lowest BCUT2D eigenvalue weighted by atomic mass is 10.1. The van der Waals surface area contributed by atoms with Crippen LogP contribution in [0, 0.1) is 0 Å². The highest BCUT2D eigenvalue weighted by Crippen LogP contribution is 2.11. The Balaban J connectivity index is 2.08. The SMILES string of the molecule is C[C@H]1CN(C(=O)c2ccc(CN)cc2)CCCO1. The van der Waals surface area contributed by atoms with E-state index in [1.807, 2.05) is 36.1 Å². The largest absolute Gasteiger partial charge is 0.377 e. The van der Waals surface area contributed by atoms with Gasteiger partial charge in [-0.05, 0) is 31.0 Å². The Kier molecular flexibility index (Phi) is 4.33. The normalized spacial score (nSPS) is 20.6. The molecule has 1 aromatic rings. The smallest absolute Gasteiger partial charge is 0.253 e. The van der Waals surface area contributed by atoms with Gasteiger partial charge < -0.3 is 15.4 Å². The van der Waals surface area contributed by atoms with Gasteiger partial charge in [0.15, 0.2) is 0 Å². The van der Waals surface area contributed by atoms with Crippen molar-refractivity contribution in [2.24, 2.45) is 5.73 Å². The maximum atomic E-state index is 12.3. The van der Waals surface area contributed by atoms with E-state index in [4.69, 9.17) is 10.5 Å². The standard InChI is InChI=1S/C14H20N2O2/c1-11-10-16(7-2-8-18-11)14(17)13-5-3-12(9-15)4-6-13/h3-6,11H,2,7-10,15H2,1H3/t11-/m0/s1. The van der Waals surface area contributed by atoms with Crippen LogP contribution in [-0.2, 0) is 11.3 Å². The maximum Gasteiger partial charge on any atom is 0.253 e. The quantitative estimate of drug-likeness (QED) is 0.860. The molecule has 1 saturated heterocycles. The molecule has 0 aromatic heterocycles. The highest BCUT2D eigenvalue weighted by molar-refractivity contribution is 5.94. The number of carbonyl (C=O) groups is 1. The van der Waals surface area contributed by atoms with Crippen LogP contribution in [0.4, 0.5) is 0 Å². The molecule has 0 aliphatic carbocycles. The van der Waals surface area contributed by atoms with Crippen LogP contribution in [0.3, 0.4) is 0 Å². The lowest BCUT2D eigenvalue weighted by Crippen LogP contribution is -2.35. The molecule has 0 spiro atoms. The van der Waals surface area contributed by atoms with Crippen molar-refractivity contribution < 1.29 is 9.53 Å². The van der Waals surface area contributed by atoms with Gasteiger partial charge in [-0.3, -0.25) is 4.79 Å². The minimum absolute atomic E-state index is 0.0796. The zero-order valence-corrected chi connectivity index (χ0v) is 10.8. The van der Waals surface area contributed by atoms with E-state index in [1.165, 1.54) is 0 Å². The fourth-order valence-electron chi connectivity index (χ4n) is 2.14. The molecule has 1 aliphatic rings. The highest BCUT2D eigenvalue weighted by atomic mass is 16.5. The average molecular weight is 248 g/mol. The third-order valence-electron chi connectivity index (χ3n) is 3.18. The van der Waals surface area contributed by atoms with E-state index in [2.05, 4.69) is 0 Å². The molecule has 1 heterocycles. The zero-order valence-electron chi connectivity index (χ0n) is 10.8. The summed E-state index contributed by atoms with van der Waals surface area (Å²) in [6.07, 6.45) is 1.01. The number of hydrogen-bond acceptors (Lipinski definition) is 3. The van der Waals surface area contributed by atoms with Crippen molar-refractivity contribution in [1.82, 2.24) is 4.90 Å². The predicted octanol–water partition coefficient (Wildman–Crippen LogP) is 1.40. The predicted molar refractivity (Wildman–Crippen MR) is 70.3 cm³/mol. The molecular weight excluding hydrogens is 228 g/mol. The average Bonchev–Trinajstić information content (AvgIpc) is 2.63. The first-order chi connectivity index (χ1) is 8.70. The first-order valence-corrected chi connectivity index (χ1v) is 6.40. The number of rotatable bonds is 2. The summed E-state index contributed by atoms with van der Waals surface area (Å²) < 4.78 is 5.55. The van der Waals surface area contributed by atoms with Gasteiger partial charge >= 0.3 is 0 Å². The molecule has 1 aliphatic heterocycles. The summed E-state index contributed by atoms with van der Waals surface area (Å²) in [7, 11) is 0. The summed E-state index contributed by atoms with van der Waals surface area (Å²) in [4.78, 5) is 14.2. The fourth-order valence-corrected chi connectivity index (χ4v) is 2.14.